The molecule has 1 aliphatic heterocycles. The summed E-state index contributed by atoms with van der Waals surface area (Å²) in [6, 6.07) is 11.3. The second-order valence-electron chi connectivity index (χ2n) is 8.62. The first-order valence-corrected chi connectivity index (χ1v) is 13.5. The number of likely N-dealkylation sites (tertiary alicyclic amines) is 1. The lowest BCUT2D eigenvalue weighted by Crippen LogP contribution is -2.23. The Kier molecular flexibility index (Phi) is 8.22. The second-order valence-corrected chi connectivity index (χ2v) is 11.2. The van der Waals surface area contributed by atoms with Crippen molar-refractivity contribution in [2.24, 2.45) is 0 Å². The Bertz CT molecular complexity index is 1420. The largest absolute Gasteiger partial charge is 0.493 e. The Morgan fingerprint density at radius 2 is 1.68 bits per heavy atom. The van der Waals surface area contributed by atoms with Crippen LogP contribution in [0.5, 0.6) is 23.0 Å². The zero-order chi connectivity index (χ0) is 27.7. The number of ether oxygens (including phenoxy) is 3. The van der Waals surface area contributed by atoms with Crippen LogP contribution in [0.1, 0.15) is 12.0 Å². The number of sulfonamides is 1. The molecule has 4 rings (SSSR count). The number of alkyl halides is 3. The van der Waals surface area contributed by atoms with Gasteiger partial charge in [0.1, 0.15) is 17.6 Å². The number of hydrogen-bond donors (Lipinski definition) is 1. The van der Waals surface area contributed by atoms with Crippen LogP contribution in [0.3, 0.4) is 0 Å². The Morgan fingerprint density at radius 1 is 0.974 bits per heavy atom. The number of nitrogens with zero attached hydrogens (tertiary/aromatic N) is 1. The molecule has 0 saturated carbocycles. The summed E-state index contributed by atoms with van der Waals surface area (Å²) in [5.41, 5.74) is -1.08. The van der Waals surface area contributed by atoms with Gasteiger partial charge in [-0.05, 0) is 55.9 Å². The van der Waals surface area contributed by atoms with Gasteiger partial charge in [0, 0.05) is 35.3 Å². The maximum absolute atomic E-state index is 13.6. The number of benzene rings is 3. The van der Waals surface area contributed by atoms with Crippen molar-refractivity contribution in [1.82, 2.24) is 4.90 Å². The van der Waals surface area contributed by atoms with Gasteiger partial charge in [0.25, 0.3) is 10.0 Å². The van der Waals surface area contributed by atoms with Gasteiger partial charge in [-0.25, -0.2) is 8.42 Å². The molecule has 1 atom stereocenters. The average Bonchev–Trinajstić information content (AvgIpc) is 3.22. The van der Waals surface area contributed by atoms with Crippen molar-refractivity contribution >= 4 is 38.9 Å². The highest BCUT2D eigenvalue weighted by molar-refractivity contribution is 7.92. The minimum absolute atomic E-state index is 0.0887. The van der Waals surface area contributed by atoms with Crippen LogP contribution in [-0.2, 0) is 16.2 Å². The van der Waals surface area contributed by atoms with Crippen molar-refractivity contribution in [2.45, 2.75) is 23.6 Å². The van der Waals surface area contributed by atoms with E-state index in [1.54, 1.807) is 0 Å². The maximum atomic E-state index is 13.6. The van der Waals surface area contributed by atoms with E-state index in [2.05, 4.69) is 4.72 Å². The Morgan fingerprint density at radius 3 is 2.29 bits per heavy atom. The van der Waals surface area contributed by atoms with E-state index in [0.29, 0.717) is 35.3 Å². The van der Waals surface area contributed by atoms with Gasteiger partial charge in [-0.15, -0.1) is 0 Å². The lowest BCUT2D eigenvalue weighted by molar-refractivity contribution is -0.139. The van der Waals surface area contributed by atoms with Crippen LogP contribution in [-0.4, -0.2) is 46.7 Å². The minimum Gasteiger partial charge on any atom is -0.493 e. The molecule has 3 aromatic carbocycles. The smallest absolute Gasteiger partial charge is 0.419 e. The van der Waals surface area contributed by atoms with Crippen molar-refractivity contribution in [3.8, 4) is 23.0 Å². The fourth-order valence-corrected chi connectivity index (χ4v) is 5.49. The molecule has 1 heterocycles. The van der Waals surface area contributed by atoms with Gasteiger partial charge < -0.3 is 19.1 Å². The summed E-state index contributed by atoms with van der Waals surface area (Å²) in [6.07, 6.45) is -4.56. The van der Waals surface area contributed by atoms with Crippen LogP contribution >= 0.6 is 23.2 Å². The molecule has 1 unspecified atom stereocenters. The molecule has 13 heteroatoms. The summed E-state index contributed by atoms with van der Waals surface area (Å²) in [7, 11) is -1.05. The normalized spacial score (nSPS) is 16.3. The van der Waals surface area contributed by atoms with Gasteiger partial charge in [0.15, 0.2) is 11.5 Å². The second kappa shape index (κ2) is 11.1. The standard InChI is InChI=1S/C25H23Cl2F3N2O5S/c1-32-8-7-18(14-32)36-23-12-17(3-5-21(23)25(28,29)30)31-38(33,34)20-4-6-22(24(13-20)35-2)37-19-10-15(26)9-16(27)11-19/h3-6,9-13,18,31H,7-8,14H2,1-2H3. The fourth-order valence-electron chi connectivity index (χ4n) is 3.92. The predicted molar refractivity (Wildman–Crippen MR) is 138 cm³/mol. The Balaban J connectivity index is 1.59. The zero-order valence-corrected chi connectivity index (χ0v) is 22.5. The number of nitrogens with one attached hydrogen (secondary N) is 1. The summed E-state index contributed by atoms with van der Waals surface area (Å²) in [4.78, 5) is 1.73. The lowest BCUT2D eigenvalue weighted by atomic mass is 10.1. The highest BCUT2D eigenvalue weighted by atomic mass is 35.5. The van der Waals surface area contributed by atoms with Crippen LogP contribution in [0, 0.1) is 0 Å². The van der Waals surface area contributed by atoms with E-state index in [0.717, 1.165) is 18.2 Å². The molecule has 0 amide bonds. The quantitative estimate of drug-likeness (QED) is 0.315. The molecule has 1 N–H and O–H groups in total. The van der Waals surface area contributed by atoms with Crippen LogP contribution in [0.2, 0.25) is 10.0 Å². The molecule has 1 saturated heterocycles. The van der Waals surface area contributed by atoms with Crippen LogP contribution < -0.4 is 18.9 Å². The van der Waals surface area contributed by atoms with E-state index in [4.69, 9.17) is 37.4 Å². The average molecular weight is 591 g/mol. The number of likely N-dealkylation sites (N-methyl/N-ethyl adjacent to an activating group) is 1. The SMILES string of the molecule is COc1cc(S(=O)(=O)Nc2ccc(C(F)(F)F)c(OC3CCN(C)C3)c2)ccc1Oc1cc(Cl)cc(Cl)c1. The van der Waals surface area contributed by atoms with Crippen LogP contribution in [0.15, 0.2) is 59.5 Å². The topological polar surface area (TPSA) is 77.1 Å². The third-order valence-electron chi connectivity index (χ3n) is 5.69. The van der Waals surface area contributed by atoms with Crippen molar-refractivity contribution in [1.29, 1.82) is 0 Å². The molecule has 0 aromatic heterocycles. The van der Waals surface area contributed by atoms with Crippen molar-refractivity contribution in [3.05, 3.63) is 70.2 Å². The van der Waals surface area contributed by atoms with Crippen molar-refractivity contribution < 1.29 is 35.8 Å². The van der Waals surface area contributed by atoms with Gasteiger partial charge in [-0.3, -0.25) is 4.72 Å². The van der Waals surface area contributed by atoms with E-state index in [-0.39, 0.29) is 22.1 Å². The highest BCUT2D eigenvalue weighted by Crippen LogP contribution is 2.40. The first-order valence-electron chi connectivity index (χ1n) is 11.3. The van der Waals surface area contributed by atoms with Crippen LogP contribution in [0.4, 0.5) is 18.9 Å². The molecule has 0 radical (unpaired) electrons. The molecule has 0 spiro atoms. The van der Waals surface area contributed by atoms with Gasteiger partial charge >= 0.3 is 6.18 Å². The summed E-state index contributed by atoms with van der Waals surface area (Å²) in [5, 5.41) is 0.685. The highest BCUT2D eigenvalue weighted by Gasteiger charge is 2.36. The molecule has 204 valence electrons. The molecule has 7 nitrogen and oxygen atoms in total. The first kappa shape index (κ1) is 28.2. The number of rotatable bonds is 8. The van der Waals surface area contributed by atoms with E-state index in [9.17, 15) is 21.6 Å². The molecule has 0 bridgehead atoms. The predicted octanol–water partition coefficient (Wildman–Crippen LogP) is 6.70. The van der Waals surface area contributed by atoms with Gasteiger partial charge in [0.2, 0.25) is 0 Å². The summed E-state index contributed by atoms with van der Waals surface area (Å²) < 4.78 is 85.9. The van der Waals surface area contributed by atoms with Crippen molar-refractivity contribution in [2.75, 3.05) is 32.0 Å². The van der Waals surface area contributed by atoms with E-state index >= 15 is 0 Å². The molecule has 1 fully saturated rings. The number of methoxy groups -OCH3 is 1. The Labute approximate surface area is 228 Å². The molecule has 0 aliphatic carbocycles. The fraction of sp³-hybridized carbons (Fsp3) is 0.280. The summed E-state index contributed by atoms with van der Waals surface area (Å²) in [5.74, 6) is 0.141. The van der Waals surface area contributed by atoms with E-state index in [1.165, 1.54) is 43.5 Å². The first-order chi connectivity index (χ1) is 17.8. The molecular formula is C25H23Cl2F3N2O5S. The molecular weight excluding hydrogens is 568 g/mol. The zero-order valence-electron chi connectivity index (χ0n) is 20.2. The minimum atomic E-state index is -4.67. The number of halogens is 5. The van der Waals surface area contributed by atoms with Crippen LogP contribution in [0.25, 0.3) is 0 Å². The van der Waals surface area contributed by atoms with Crippen molar-refractivity contribution in [3.63, 3.8) is 0 Å². The molecule has 1 aliphatic rings. The number of anilines is 1. The van der Waals surface area contributed by atoms with E-state index < -0.39 is 33.6 Å². The third kappa shape index (κ3) is 6.76. The lowest BCUT2D eigenvalue weighted by Gasteiger charge is -2.19. The summed E-state index contributed by atoms with van der Waals surface area (Å²) >= 11 is 12.0. The summed E-state index contributed by atoms with van der Waals surface area (Å²) in [6.45, 7) is 1.15. The van der Waals surface area contributed by atoms with E-state index in [1.807, 2.05) is 11.9 Å². The van der Waals surface area contributed by atoms with Gasteiger partial charge in [-0.1, -0.05) is 23.2 Å². The van der Waals surface area contributed by atoms with Gasteiger partial charge in [0.05, 0.1) is 23.3 Å². The molecule has 38 heavy (non-hydrogen) atoms. The Hall–Kier alpha value is -2.86. The number of hydrogen-bond acceptors (Lipinski definition) is 6. The third-order valence-corrected chi connectivity index (χ3v) is 7.51. The monoisotopic (exact) mass is 590 g/mol. The molecule has 3 aromatic rings. The maximum Gasteiger partial charge on any atom is 0.419 e. The van der Waals surface area contributed by atoms with Gasteiger partial charge in [-0.2, -0.15) is 13.2 Å².